The lowest BCUT2D eigenvalue weighted by molar-refractivity contribution is -0.116. The summed E-state index contributed by atoms with van der Waals surface area (Å²) in [5.41, 5.74) is 2.74. The van der Waals surface area contributed by atoms with Crippen molar-refractivity contribution in [1.82, 2.24) is 19.8 Å². The van der Waals surface area contributed by atoms with E-state index < -0.39 is 0 Å². The van der Waals surface area contributed by atoms with Gasteiger partial charge in [0, 0.05) is 48.3 Å². The molecule has 0 radical (unpaired) electrons. The van der Waals surface area contributed by atoms with Gasteiger partial charge >= 0.3 is 0 Å². The van der Waals surface area contributed by atoms with Gasteiger partial charge in [0.05, 0.1) is 22.9 Å². The number of benzene rings is 1. The number of aromatic nitrogens is 4. The summed E-state index contributed by atoms with van der Waals surface area (Å²) >= 11 is 1.71. The first-order valence-corrected chi connectivity index (χ1v) is 14.5. The van der Waals surface area contributed by atoms with Gasteiger partial charge < -0.3 is 19.7 Å². The number of carbonyl (C=O) groups excluding carboxylic acids is 1. The van der Waals surface area contributed by atoms with Crippen molar-refractivity contribution in [3.8, 4) is 17.1 Å². The number of ether oxygens (including phenoxy) is 2. The number of amides is 1. The Bertz CT molecular complexity index is 1520. The molecule has 0 saturated heterocycles. The zero-order valence-corrected chi connectivity index (χ0v) is 25.6. The maximum Gasteiger partial charge on any atom is 0.224 e. The highest BCUT2D eigenvalue weighted by Gasteiger charge is 2.25. The van der Waals surface area contributed by atoms with Crippen LogP contribution in [-0.2, 0) is 14.9 Å². The SMILES string of the molecule is CCOCCOc1ccc(NC(=O)CC(C)C)cc1-c1nnc2/c(=C\c3ccc(N(C)C)s3)c(C(C)(C)C)nn12. The third-order valence-electron chi connectivity index (χ3n) is 6.17. The third kappa shape index (κ3) is 6.79. The number of fused-ring (bicyclic) bond motifs is 1. The lowest BCUT2D eigenvalue weighted by Gasteiger charge is -2.15. The van der Waals surface area contributed by atoms with Crippen LogP contribution in [0.4, 0.5) is 10.7 Å². The Labute approximate surface area is 240 Å². The summed E-state index contributed by atoms with van der Waals surface area (Å²) in [5.74, 6) is 1.39. The van der Waals surface area contributed by atoms with Crippen LogP contribution in [-0.4, -0.2) is 59.6 Å². The van der Waals surface area contributed by atoms with Gasteiger partial charge in [0.15, 0.2) is 11.5 Å². The van der Waals surface area contributed by atoms with Gasteiger partial charge in [-0.15, -0.1) is 21.5 Å². The van der Waals surface area contributed by atoms with E-state index in [9.17, 15) is 4.79 Å². The molecule has 0 aliphatic carbocycles. The Morgan fingerprint density at radius 3 is 2.58 bits per heavy atom. The highest BCUT2D eigenvalue weighted by Crippen LogP contribution is 2.33. The molecule has 10 heteroatoms. The molecule has 4 rings (SSSR count). The lowest BCUT2D eigenvalue weighted by atomic mass is 9.91. The quantitative estimate of drug-likeness (QED) is 0.251. The Morgan fingerprint density at radius 1 is 1.15 bits per heavy atom. The fraction of sp³-hybridized carbons (Fsp3) is 0.467. The molecule has 0 unspecified atom stereocenters. The molecule has 4 aromatic rings. The Morgan fingerprint density at radius 2 is 1.93 bits per heavy atom. The molecule has 9 nitrogen and oxygen atoms in total. The van der Waals surface area contributed by atoms with Crippen molar-refractivity contribution in [2.45, 2.75) is 53.4 Å². The molecule has 0 aliphatic heterocycles. The smallest absolute Gasteiger partial charge is 0.224 e. The summed E-state index contributed by atoms with van der Waals surface area (Å²) in [5, 5.41) is 19.3. The minimum absolute atomic E-state index is 0.0382. The second-order valence-corrected chi connectivity index (χ2v) is 12.5. The number of thiophene rings is 1. The van der Waals surface area contributed by atoms with Gasteiger partial charge in [0.25, 0.3) is 0 Å². The predicted molar refractivity (Wildman–Crippen MR) is 162 cm³/mol. The average molecular weight is 565 g/mol. The van der Waals surface area contributed by atoms with Crippen molar-refractivity contribution in [2.75, 3.05) is 44.1 Å². The van der Waals surface area contributed by atoms with Crippen LogP contribution >= 0.6 is 11.3 Å². The molecular formula is C30H40N6O3S. The first kappa shape index (κ1) is 29.5. The highest BCUT2D eigenvalue weighted by atomic mass is 32.1. The van der Waals surface area contributed by atoms with Crippen molar-refractivity contribution < 1.29 is 14.3 Å². The summed E-state index contributed by atoms with van der Waals surface area (Å²) in [6.45, 7) is 13.9. The Hall–Kier alpha value is -3.50. The van der Waals surface area contributed by atoms with E-state index in [1.54, 1.807) is 15.9 Å². The van der Waals surface area contributed by atoms with E-state index in [1.807, 2.05) is 53.1 Å². The van der Waals surface area contributed by atoms with Gasteiger partial charge in [-0.2, -0.15) is 9.61 Å². The highest BCUT2D eigenvalue weighted by molar-refractivity contribution is 7.16. The normalized spacial score (nSPS) is 12.5. The monoisotopic (exact) mass is 564 g/mol. The van der Waals surface area contributed by atoms with Gasteiger partial charge in [0.1, 0.15) is 12.4 Å². The summed E-state index contributed by atoms with van der Waals surface area (Å²) in [6, 6.07) is 9.79. The van der Waals surface area contributed by atoms with Gasteiger partial charge in [-0.25, -0.2) is 0 Å². The van der Waals surface area contributed by atoms with Gasteiger partial charge in [-0.3, -0.25) is 4.79 Å². The Kier molecular flexibility index (Phi) is 9.10. The molecule has 1 N–H and O–H groups in total. The maximum absolute atomic E-state index is 12.5. The molecule has 214 valence electrons. The number of carbonyl (C=O) groups is 1. The number of anilines is 2. The van der Waals surface area contributed by atoms with Crippen LogP contribution in [0.3, 0.4) is 0 Å². The largest absolute Gasteiger partial charge is 0.490 e. The fourth-order valence-electron chi connectivity index (χ4n) is 4.31. The predicted octanol–water partition coefficient (Wildman–Crippen LogP) is 5.16. The minimum atomic E-state index is -0.227. The summed E-state index contributed by atoms with van der Waals surface area (Å²) in [6.07, 6.45) is 2.58. The summed E-state index contributed by atoms with van der Waals surface area (Å²) in [7, 11) is 4.08. The van der Waals surface area contributed by atoms with Crippen molar-refractivity contribution in [3.63, 3.8) is 0 Å². The maximum atomic E-state index is 12.5. The van der Waals surface area contributed by atoms with Crippen LogP contribution in [0.2, 0.25) is 0 Å². The van der Waals surface area contributed by atoms with E-state index in [2.05, 4.69) is 59.4 Å². The second-order valence-electron chi connectivity index (χ2n) is 11.4. The van der Waals surface area contributed by atoms with Gasteiger partial charge in [0.2, 0.25) is 5.91 Å². The van der Waals surface area contributed by atoms with E-state index in [-0.39, 0.29) is 17.2 Å². The lowest BCUT2D eigenvalue weighted by Crippen LogP contribution is -2.22. The van der Waals surface area contributed by atoms with E-state index in [0.29, 0.717) is 54.7 Å². The zero-order chi connectivity index (χ0) is 29.0. The fourth-order valence-corrected chi connectivity index (χ4v) is 5.18. The van der Waals surface area contributed by atoms with E-state index >= 15 is 0 Å². The molecule has 1 amide bonds. The van der Waals surface area contributed by atoms with Crippen LogP contribution in [0.25, 0.3) is 23.1 Å². The Balaban J connectivity index is 1.84. The molecule has 1 aromatic carbocycles. The molecule has 0 atom stereocenters. The van der Waals surface area contributed by atoms with Crippen molar-refractivity contribution >= 4 is 39.7 Å². The van der Waals surface area contributed by atoms with Crippen LogP contribution in [0.15, 0.2) is 30.3 Å². The molecule has 3 heterocycles. The van der Waals surface area contributed by atoms with Crippen molar-refractivity contribution in [1.29, 1.82) is 0 Å². The van der Waals surface area contributed by atoms with Gasteiger partial charge in [-0.05, 0) is 49.2 Å². The van der Waals surface area contributed by atoms with E-state index in [1.165, 1.54) is 5.00 Å². The first-order valence-electron chi connectivity index (χ1n) is 13.7. The molecular weight excluding hydrogens is 524 g/mol. The average Bonchev–Trinajstić information content (AvgIpc) is 3.58. The third-order valence-corrected chi connectivity index (χ3v) is 7.37. The number of nitrogens with one attached hydrogen (secondary N) is 1. The molecule has 0 bridgehead atoms. The number of hydrogen-bond acceptors (Lipinski definition) is 8. The number of rotatable bonds is 11. The summed E-state index contributed by atoms with van der Waals surface area (Å²) < 4.78 is 13.4. The van der Waals surface area contributed by atoms with E-state index in [4.69, 9.17) is 14.6 Å². The molecule has 40 heavy (non-hydrogen) atoms. The minimum Gasteiger partial charge on any atom is -0.490 e. The molecule has 3 aromatic heterocycles. The number of nitrogens with zero attached hydrogens (tertiary/aromatic N) is 5. The molecule has 0 fully saturated rings. The number of hydrogen-bond donors (Lipinski definition) is 1. The topological polar surface area (TPSA) is 93.9 Å². The van der Waals surface area contributed by atoms with E-state index in [0.717, 1.165) is 15.8 Å². The van der Waals surface area contributed by atoms with Crippen molar-refractivity contribution in [2.24, 2.45) is 5.92 Å². The molecule has 0 saturated carbocycles. The first-order chi connectivity index (χ1) is 19.0. The summed E-state index contributed by atoms with van der Waals surface area (Å²) in [4.78, 5) is 15.7. The molecule has 0 spiro atoms. The van der Waals surface area contributed by atoms with Gasteiger partial charge in [-0.1, -0.05) is 34.6 Å². The standard InChI is InChI=1S/C30H40N6O3S/c1-9-38-14-15-39-24-12-10-20(31-25(37)16-19(2)3)17-22(24)28-32-33-29-23(27(30(4,5)6)34-36(28)29)18-21-11-13-26(40-21)35(7)8/h10-13,17-19H,9,14-16H2,1-8H3,(H,31,37)/b23-18-. The van der Waals surface area contributed by atoms with Crippen molar-refractivity contribution in [3.05, 3.63) is 46.1 Å². The zero-order valence-electron chi connectivity index (χ0n) is 24.7. The van der Waals surface area contributed by atoms with Crippen LogP contribution in [0.5, 0.6) is 5.75 Å². The second kappa shape index (κ2) is 12.3. The van der Waals surface area contributed by atoms with Crippen LogP contribution in [0, 0.1) is 5.92 Å². The molecule has 0 aliphatic rings. The van der Waals surface area contributed by atoms with Crippen LogP contribution in [0.1, 0.15) is 58.5 Å². The van der Waals surface area contributed by atoms with Crippen LogP contribution < -0.4 is 20.2 Å².